The van der Waals surface area contributed by atoms with Crippen LogP contribution in [-0.2, 0) is 6.42 Å². The van der Waals surface area contributed by atoms with Gasteiger partial charge in [0.2, 0.25) is 0 Å². The lowest BCUT2D eigenvalue weighted by Crippen LogP contribution is -2.30. The predicted octanol–water partition coefficient (Wildman–Crippen LogP) is 3.09. The Labute approximate surface area is 119 Å². The van der Waals surface area contributed by atoms with E-state index in [2.05, 4.69) is 48.5 Å². The number of hydrogen-bond donors (Lipinski definition) is 2. The molecule has 1 unspecified atom stereocenters. The minimum Gasteiger partial charge on any atom is -0.271 e. The van der Waals surface area contributed by atoms with E-state index in [4.69, 9.17) is 5.84 Å². The van der Waals surface area contributed by atoms with Gasteiger partial charge in [0.15, 0.2) is 0 Å². The van der Waals surface area contributed by atoms with Crippen LogP contribution in [0.3, 0.4) is 0 Å². The smallest absolute Gasteiger partial charge is 0.146 e. The standard InChI is InChI=1S/C16H20FN3/c1-11(2)13-5-3-12(4-6-13)9-16(20-18)14-7-8-19-10-15(14)17/h3-8,10-11,16,20H,9,18H2,1-2H3. The fourth-order valence-electron chi connectivity index (χ4n) is 2.20. The van der Waals surface area contributed by atoms with Crippen LogP contribution in [0.4, 0.5) is 4.39 Å². The van der Waals surface area contributed by atoms with E-state index in [9.17, 15) is 4.39 Å². The first kappa shape index (κ1) is 14.6. The Morgan fingerprint density at radius 2 is 1.90 bits per heavy atom. The summed E-state index contributed by atoms with van der Waals surface area (Å²) in [6.07, 6.45) is 3.42. The van der Waals surface area contributed by atoms with Crippen LogP contribution in [0.25, 0.3) is 0 Å². The van der Waals surface area contributed by atoms with E-state index in [-0.39, 0.29) is 11.9 Å². The second kappa shape index (κ2) is 6.59. The summed E-state index contributed by atoms with van der Waals surface area (Å²) in [7, 11) is 0. The molecule has 0 spiro atoms. The van der Waals surface area contributed by atoms with E-state index in [1.807, 2.05) is 0 Å². The van der Waals surface area contributed by atoms with Gasteiger partial charge in [-0.2, -0.15) is 0 Å². The molecule has 106 valence electrons. The number of rotatable bonds is 5. The van der Waals surface area contributed by atoms with Gasteiger partial charge in [-0.3, -0.25) is 16.3 Å². The molecular weight excluding hydrogens is 253 g/mol. The van der Waals surface area contributed by atoms with E-state index in [1.54, 1.807) is 12.3 Å². The zero-order chi connectivity index (χ0) is 14.5. The largest absolute Gasteiger partial charge is 0.271 e. The number of hydrazine groups is 1. The van der Waals surface area contributed by atoms with Gasteiger partial charge >= 0.3 is 0 Å². The lowest BCUT2D eigenvalue weighted by Gasteiger charge is -2.17. The first-order chi connectivity index (χ1) is 9.61. The molecular formula is C16H20FN3. The summed E-state index contributed by atoms with van der Waals surface area (Å²) in [6.45, 7) is 4.32. The Kier molecular flexibility index (Phi) is 4.82. The normalized spacial score (nSPS) is 12.7. The van der Waals surface area contributed by atoms with Crippen LogP contribution in [-0.4, -0.2) is 4.98 Å². The highest BCUT2D eigenvalue weighted by molar-refractivity contribution is 5.27. The van der Waals surface area contributed by atoms with Crippen molar-refractivity contribution in [3.05, 3.63) is 65.2 Å². The van der Waals surface area contributed by atoms with Gasteiger partial charge in [0.05, 0.1) is 12.2 Å². The molecule has 20 heavy (non-hydrogen) atoms. The third kappa shape index (κ3) is 3.40. The summed E-state index contributed by atoms with van der Waals surface area (Å²) in [5.41, 5.74) is 5.63. The molecule has 1 atom stereocenters. The first-order valence-corrected chi connectivity index (χ1v) is 6.76. The fraction of sp³-hybridized carbons (Fsp3) is 0.312. The van der Waals surface area contributed by atoms with Gasteiger partial charge in [-0.1, -0.05) is 38.1 Å². The number of nitrogens with zero attached hydrogens (tertiary/aromatic N) is 1. The van der Waals surface area contributed by atoms with Gasteiger partial charge in [-0.15, -0.1) is 0 Å². The van der Waals surface area contributed by atoms with E-state index in [0.29, 0.717) is 17.9 Å². The maximum Gasteiger partial charge on any atom is 0.146 e. The van der Waals surface area contributed by atoms with E-state index >= 15 is 0 Å². The van der Waals surface area contributed by atoms with E-state index < -0.39 is 0 Å². The number of hydrogen-bond acceptors (Lipinski definition) is 3. The molecule has 0 saturated heterocycles. The third-order valence-corrected chi connectivity index (χ3v) is 3.47. The average Bonchev–Trinajstić information content (AvgIpc) is 2.46. The summed E-state index contributed by atoms with van der Waals surface area (Å²) in [4.78, 5) is 3.76. The zero-order valence-corrected chi connectivity index (χ0v) is 11.8. The van der Waals surface area contributed by atoms with Crippen LogP contribution in [0.5, 0.6) is 0 Å². The molecule has 2 aromatic rings. The SMILES string of the molecule is CC(C)c1ccc(CC(NN)c2ccncc2F)cc1. The zero-order valence-electron chi connectivity index (χ0n) is 11.8. The van der Waals surface area contributed by atoms with E-state index in [1.165, 1.54) is 11.8 Å². The second-order valence-electron chi connectivity index (χ2n) is 5.22. The number of aromatic nitrogens is 1. The number of nitrogens with two attached hydrogens (primary N) is 1. The van der Waals surface area contributed by atoms with Gasteiger partial charge < -0.3 is 0 Å². The minimum absolute atomic E-state index is 0.261. The molecule has 0 aliphatic carbocycles. The average molecular weight is 273 g/mol. The minimum atomic E-state index is -0.339. The van der Waals surface area contributed by atoms with Crippen molar-refractivity contribution in [3.63, 3.8) is 0 Å². The Balaban J connectivity index is 2.16. The molecule has 3 nitrogen and oxygen atoms in total. The predicted molar refractivity (Wildman–Crippen MR) is 78.5 cm³/mol. The number of halogens is 1. The molecule has 0 radical (unpaired) electrons. The Bertz CT molecular complexity index is 552. The first-order valence-electron chi connectivity index (χ1n) is 6.76. The van der Waals surface area contributed by atoms with Crippen LogP contribution in [0.1, 0.15) is 42.5 Å². The lowest BCUT2D eigenvalue weighted by molar-refractivity contribution is 0.508. The summed E-state index contributed by atoms with van der Waals surface area (Å²) < 4.78 is 13.7. The van der Waals surface area contributed by atoms with Gasteiger partial charge in [0, 0.05) is 11.8 Å². The van der Waals surface area contributed by atoms with Crippen LogP contribution >= 0.6 is 0 Å². The van der Waals surface area contributed by atoms with Crippen molar-refractivity contribution in [2.24, 2.45) is 5.84 Å². The number of pyridine rings is 1. The molecule has 0 bridgehead atoms. The lowest BCUT2D eigenvalue weighted by atomic mass is 9.96. The molecule has 0 aliphatic rings. The highest BCUT2D eigenvalue weighted by Crippen LogP contribution is 2.21. The molecule has 0 amide bonds. The van der Waals surface area contributed by atoms with Crippen molar-refractivity contribution in [2.75, 3.05) is 0 Å². The second-order valence-corrected chi connectivity index (χ2v) is 5.22. The van der Waals surface area contributed by atoms with Crippen molar-refractivity contribution in [1.29, 1.82) is 0 Å². The van der Waals surface area contributed by atoms with Gasteiger partial charge in [0.1, 0.15) is 5.82 Å². The van der Waals surface area contributed by atoms with Gasteiger partial charge in [0.25, 0.3) is 0 Å². The topological polar surface area (TPSA) is 50.9 Å². The van der Waals surface area contributed by atoms with E-state index in [0.717, 1.165) is 5.56 Å². The summed E-state index contributed by atoms with van der Waals surface area (Å²) in [5.74, 6) is 5.73. The summed E-state index contributed by atoms with van der Waals surface area (Å²) >= 11 is 0. The quantitative estimate of drug-likeness (QED) is 0.650. The van der Waals surface area contributed by atoms with Crippen LogP contribution in [0.2, 0.25) is 0 Å². The highest BCUT2D eigenvalue weighted by atomic mass is 19.1. The fourth-order valence-corrected chi connectivity index (χ4v) is 2.20. The molecule has 0 aliphatic heterocycles. The van der Waals surface area contributed by atoms with Crippen LogP contribution < -0.4 is 11.3 Å². The summed E-state index contributed by atoms with van der Waals surface area (Å²) in [5, 5.41) is 0. The monoisotopic (exact) mass is 273 g/mol. The molecule has 1 aromatic heterocycles. The highest BCUT2D eigenvalue weighted by Gasteiger charge is 2.15. The molecule has 2 rings (SSSR count). The van der Waals surface area contributed by atoms with Crippen molar-refractivity contribution in [2.45, 2.75) is 32.2 Å². The van der Waals surface area contributed by atoms with Crippen molar-refractivity contribution < 1.29 is 4.39 Å². The maximum absolute atomic E-state index is 13.7. The Hall–Kier alpha value is -1.78. The van der Waals surface area contributed by atoms with Gasteiger partial charge in [-0.05, 0) is 29.5 Å². The van der Waals surface area contributed by atoms with Crippen LogP contribution in [0, 0.1) is 5.82 Å². The molecule has 1 aromatic carbocycles. The molecule has 1 heterocycles. The third-order valence-electron chi connectivity index (χ3n) is 3.47. The molecule has 0 fully saturated rings. The summed E-state index contributed by atoms with van der Waals surface area (Å²) in [6, 6.07) is 9.75. The maximum atomic E-state index is 13.7. The molecule has 4 heteroatoms. The number of nitrogens with one attached hydrogen (secondary N) is 1. The van der Waals surface area contributed by atoms with Crippen molar-refractivity contribution >= 4 is 0 Å². The Morgan fingerprint density at radius 1 is 1.20 bits per heavy atom. The number of benzene rings is 1. The van der Waals surface area contributed by atoms with Crippen LogP contribution in [0.15, 0.2) is 42.7 Å². The van der Waals surface area contributed by atoms with Gasteiger partial charge in [-0.25, -0.2) is 4.39 Å². The molecule has 3 N–H and O–H groups in total. The van der Waals surface area contributed by atoms with Crippen molar-refractivity contribution in [3.8, 4) is 0 Å². The Morgan fingerprint density at radius 3 is 2.45 bits per heavy atom. The van der Waals surface area contributed by atoms with Crippen molar-refractivity contribution in [1.82, 2.24) is 10.4 Å². The molecule has 0 saturated carbocycles.